The largest absolute Gasteiger partial charge is 0.353 e. The summed E-state index contributed by atoms with van der Waals surface area (Å²) >= 11 is 0. The van der Waals surface area contributed by atoms with Gasteiger partial charge in [0.2, 0.25) is 5.91 Å². The highest BCUT2D eigenvalue weighted by molar-refractivity contribution is 5.76. The van der Waals surface area contributed by atoms with Crippen LogP contribution in [0.3, 0.4) is 0 Å². The van der Waals surface area contributed by atoms with Crippen molar-refractivity contribution in [2.24, 2.45) is 5.92 Å². The van der Waals surface area contributed by atoms with Gasteiger partial charge in [0.05, 0.1) is 0 Å². The minimum Gasteiger partial charge on any atom is -0.353 e. The molecule has 1 fully saturated rings. The molecule has 0 radical (unpaired) electrons. The summed E-state index contributed by atoms with van der Waals surface area (Å²) in [5.74, 6) is 0.753. The molecule has 2 rings (SSSR count). The van der Waals surface area contributed by atoms with Crippen molar-refractivity contribution in [2.45, 2.75) is 39.2 Å². The van der Waals surface area contributed by atoms with Crippen molar-refractivity contribution in [3.63, 3.8) is 0 Å². The fourth-order valence-corrected chi connectivity index (χ4v) is 2.56. The molecule has 1 aromatic rings. The Kier molecular flexibility index (Phi) is 4.97. The zero-order chi connectivity index (χ0) is 13.7. The molecule has 104 valence electrons. The van der Waals surface area contributed by atoms with Crippen LogP contribution in [0.15, 0.2) is 24.3 Å². The van der Waals surface area contributed by atoms with Gasteiger partial charge in [-0.1, -0.05) is 29.8 Å². The number of aryl methyl sites for hydroxylation is 2. The average Bonchev–Trinajstić information content (AvgIpc) is 2.92. The van der Waals surface area contributed by atoms with Gasteiger partial charge in [0.1, 0.15) is 0 Å². The monoisotopic (exact) mass is 260 g/mol. The van der Waals surface area contributed by atoms with E-state index in [4.69, 9.17) is 0 Å². The van der Waals surface area contributed by atoms with Crippen LogP contribution in [-0.2, 0) is 11.2 Å². The number of amides is 1. The lowest BCUT2D eigenvalue weighted by molar-refractivity contribution is -0.121. The Morgan fingerprint density at radius 3 is 2.79 bits per heavy atom. The molecule has 0 bridgehead atoms. The second kappa shape index (κ2) is 6.71. The molecule has 0 aromatic heterocycles. The minimum absolute atomic E-state index is 0.167. The van der Waals surface area contributed by atoms with E-state index in [9.17, 15) is 4.79 Å². The normalized spacial score (nSPS) is 20.2. The maximum atomic E-state index is 11.9. The van der Waals surface area contributed by atoms with E-state index in [2.05, 4.69) is 48.7 Å². The van der Waals surface area contributed by atoms with Crippen LogP contribution < -0.4 is 10.6 Å². The van der Waals surface area contributed by atoms with Crippen molar-refractivity contribution in [3.05, 3.63) is 35.4 Å². The molecule has 0 saturated carbocycles. The van der Waals surface area contributed by atoms with E-state index in [1.165, 1.54) is 17.5 Å². The number of benzene rings is 1. The molecule has 1 heterocycles. The van der Waals surface area contributed by atoms with E-state index in [1.54, 1.807) is 0 Å². The minimum atomic E-state index is 0.167. The van der Waals surface area contributed by atoms with Gasteiger partial charge in [-0.2, -0.15) is 0 Å². The van der Waals surface area contributed by atoms with Crippen LogP contribution >= 0.6 is 0 Å². The van der Waals surface area contributed by atoms with Crippen LogP contribution in [0, 0.1) is 12.8 Å². The summed E-state index contributed by atoms with van der Waals surface area (Å²) in [4.78, 5) is 11.9. The number of hydrogen-bond acceptors (Lipinski definition) is 2. The van der Waals surface area contributed by atoms with Crippen molar-refractivity contribution in [1.82, 2.24) is 10.6 Å². The standard InChI is InChI=1S/C16H24N2O/c1-12-3-5-14(6-4-12)7-8-16(19)18-13(2)15-9-10-17-11-15/h3-6,13,15,17H,7-11H2,1-2H3,(H,18,19). The first-order valence-electron chi connectivity index (χ1n) is 7.21. The van der Waals surface area contributed by atoms with Crippen molar-refractivity contribution in [2.75, 3.05) is 13.1 Å². The maximum Gasteiger partial charge on any atom is 0.220 e. The van der Waals surface area contributed by atoms with Gasteiger partial charge in [-0.05, 0) is 51.3 Å². The van der Waals surface area contributed by atoms with Crippen molar-refractivity contribution >= 4 is 5.91 Å². The fraction of sp³-hybridized carbons (Fsp3) is 0.562. The second-order valence-electron chi connectivity index (χ2n) is 5.59. The van der Waals surface area contributed by atoms with E-state index in [-0.39, 0.29) is 11.9 Å². The number of nitrogens with one attached hydrogen (secondary N) is 2. The van der Waals surface area contributed by atoms with Crippen LogP contribution in [0.5, 0.6) is 0 Å². The third-order valence-corrected chi connectivity index (χ3v) is 3.96. The first kappa shape index (κ1) is 14.1. The van der Waals surface area contributed by atoms with E-state index in [0.717, 1.165) is 19.5 Å². The van der Waals surface area contributed by atoms with E-state index in [0.29, 0.717) is 12.3 Å². The molecular weight excluding hydrogens is 236 g/mol. The molecule has 1 aliphatic rings. The highest BCUT2D eigenvalue weighted by Gasteiger charge is 2.22. The number of carbonyl (C=O) groups excluding carboxylic acids is 1. The first-order chi connectivity index (χ1) is 9.15. The topological polar surface area (TPSA) is 41.1 Å². The summed E-state index contributed by atoms with van der Waals surface area (Å²) in [5, 5.41) is 6.46. The quantitative estimate of drug-likeness (QED) is 0.850. The Balaban J connectivity index is 1.73. The fourth-order valence-electron chi connectivity index (χ4n) is 2.56. The van der Waals surface area contributed by atoms with Gasteiger partial charge < -0.3 is 10.6 Å². The van der Waals surface area contributed by atoms with Gasteiger partial charge in [0.15, 0.2) is 0 Å². The molecule has 2 N–H and O–H groups in total. The van der Waals surface area contributed by atoms with Gasteiger partial charge in [-0.25, -0.2) is 0 Å². The number of hydrogen-bond donors (Lipinski definition) is 2. The summed E-state index contributed by atoms with van der Waals surface area (Å²) in [6.45, 7) is 6.29. The maximum absolute atomic E-state index is 11.9. The third-order valence-electron chi connectivity index (χ3n) is 3.96. The van der Waals surface area contributed by atoms with Crippen LogP contribution in [0.25, 0.3) is 0 Å². The predicted octanol–water partition coefficient (Wildman–Crippen LogP) is 2.04. The lowest BCUT2D eigenvalue weighted by Gasteiger charge is -2.19. The Bertz CT molecular complexity index is 407. The number of rotatable bonds is 5. The van der Waals surface area contributed by atoms with Gasteiger partial charge >= 0.3 is 0 Å². The Labute approximate surface area is 115 Å². The molecule has 1 aliphatic heterocycles. The molecular formula is C16H24N2O. The third kappa shape index (κ3) is 4.35. The van der Waals surface area contributed by atoms with E-state index >= 15 is 0 Å². The van der Waals surface area contributed by atoms with Crippen LogP contribution in [0.2, 0.25) is 0 Å². The summed E-state index contributed by atoms with van der Waals surface area (Å²) in [7, 11) is 0. The Morgan fingerprint density at radius 2 is 2.16 bits per heavy atom. The number of carbonyl (C=O) groups is 1. The molecule has 1 saturated heterocycles. The lowest BCUT2D eigenvalue weighted by Crippen LogP contribution is -2.39. The summed E-state index contributed by atoms with van der Waals surface area (Å²) < 4.78 is 0. The van der Waals surface area contributed by atoms with Gasteiger partial charge in [-0.3, -0.25) is 4.79 Å². The molecule has 19 heavy (non-hydrogen) atoms. The van der Waals surface area contributed by atoms with Gasteiger partial charge in [-0.15, -0.1) is 0 Å². The molecule has 0 aliphatic carbocycles. The Morgan fingerprint density at radius 1 is 1.42 bits per heavy atom. The van der Waals surface area contributed by atoms with Crippen LogP contribution in [0.1, 0.15) is 30.9 Å². The van der Waals surface area contributed by atoms with E-state index < -0.39 is 0 Å². The molecule has 3 nitrogen and oxygen atoms in total. The highest BCUT2D eigenvalue weighted by Crippen LogP contribution is 2.12. The van der Waals surface area contributed by atoms with Crippen molar-refractivity contribution in [3.8, 4) is 0 Å². The van der Waals surface area contributed by atoms with E-state index in [1.807, 2.05) is 0 Å². The summed E-state index contributed by atoms with van der Waals surface area (Å²) in [5.41, 5.74) is 2.49. The van der Waals surface area contributed by atoms with Crippen molar-refractivity contribution in [1.29, 1.82) is 0 Å². The zero-order valence-electron chi connectivity index (χ0n) is 11.9. The first-order valence-corrected chi connectivity index (χ1v) is 7.21. The second-order valence-corrected chi connectivity index (χ2v) is 5.59. The predicted molar refractivity (Wildman–Crippen MR) is 78.1 cm³/mol. The Hall–Kier alpha value is -1.35. The zero-order valence-corrected chi connectivity index (χ0v) is 11.9. The molecule has 3 heteroatoms. The van der Waals surface area contributed by atoms with Gasteiger partial charge in [0, 0.05) is 12.5 Å². The summed E-state index contributed by atoms with van der Waals surface area (Å²) in [6, 6.07) is 8.68. The smallest absolute Gasteiger partial charge is 0.220 e. The highest BCUT2D eigenvalue weighted by atomic mass is 16.1. The molecule has 1 aromatic carbocycles. The average molecular weight is 260 g/mol. The molecule has 2 unspecified atom stereocenters. The SMILES string of the molecule is Cc1ccc(CCC(=O)NC(C)C2CCNC2)cc1. The van der Waals surface area contributed by atoms with Crippen LogP contribution in [-0.4, -0.2) is 25.0 Å². The van der Waals surface area contributed by atoms with Crippen molar-refractivity contribution < 1.29 is 4.79 Å². The van der Waals surface area contributed by atoms with Gasteiger partial charge in [0.25, 0.3) is 0 Å². The molecule has 1 amide bonds. The molecule has 2 atom stereocenters. The lowest BCUT2D eigenvalue weighted by atomic mass is 10.0. The van der Waals surface area contributed by atoms with Crippen LogP contribution in [0.4, 0.5) is 0 Å². The summed E-state index contributed by atoms with van der Waals surface area (Å²) in [6.07, 6.45) is 2.56. The molecule has 0 spiro atoms.